The van der Waals surface area contributed by atoms with Crippen molar-refractivity contribution in [1.82, 2.24) is 0 Å². The molecule has 2 aliphatic rings. The van der Waals surface area contributed by atoms with Crippen molar-refractivity contribution in [2.45, 2.75) is 5.25 Å². The van der Waals surface area contributed by atoms with Gasteiger partial charge in [-0.15, -0.1) is 11.8 Å². The first-order chi connectivity index (χ1) is 9.78. The van der Waals surface area contributed by atoms with Gasteiger partial charge in [0.1, 0.15) is 5.75 Å². The van der Waals surface area contributed by atoms with Crippen LogP contribution in [0.25, 0.3) is 6.08 Å². The van der Waals surface area contributed by atoms with Gasteiger partial charge in [0.2, 0.25) is 0 Å². The second kappa shape index (κ2) is 5.51. The molecule has 3 rings (SSSR count). The predicted octanol–water partition coefficient (Wildman–Crippen LogP) is 3.25. The summed E-state index contributed by atoms with van der Waals surface area (Å²) in [6.07, 6.45) is 9.66. The molecule has 1 unspecified atom stereocenters. The van der Waals surface area contributed by atoms with Crippen LogP contribution < -0.4 is 4.74 Å². The monoisotopic (exact) mass is 283 g/mol. The van der Waals surface area contributed by atoms with Gasteiger partial charge in [-0.1, -0.05) is 36.4 Å². The third-order valence-electron chi connectivity index (χ3n) is 3.08. The number of para-hydroxylation sites is 1. The lowest BCUT2D eigenvalue weighted by Crippen LogP contribution is -2.22. The Morgan fingerprint density at radius 2 is 2.15 bits per heavy atom. The molecule has 4 heteroatoms. The van der Waals surface area contributed by atoms with Gasteiger partial charge in [0.25, 0.3) is 5.91 Å². The Labute approximate surface area is 121 Å². The van der Waals surface area contributed by atoms with Gasteiger partial charge in [-0.3, -0.25) is 4.79 Å². The minimum atomic E-state index is -0.188. The summed E-state index contributed by atoms with van der Waals surface area (Å²) in [7, 11) is 1.62. The van der Waals surface area contributed by atoms with Crippen LogP contribution in [-0.2, 0) is 4.79 Å². The third kappa shape index (κ3) is 2.47. The minimum Gasteiger partial charge on any atom is -0.496 e. The summed E-state index contributed by atoms with van der Waals surface area (Å²) in [6, 6.07) is 7.63. The molecule has 1 amide bonds. The zero-order valence-electron chi connectivity index (χ0n) is 10.9. The van der Waals surface area contributed by atoms with E-state index < -0.39 is 0 Å². The van der Waals surface area contributed by atoms with Crippen molar-refractivity contribution in [2.24, 2.45) is 4.99 Å². The zero-order valence-corrected chi connectivity index (χ0v) is 11.8. The number of aliphatic imine (C=N–C) groups is 1. The van der Waals surface area contributed by atoms with E-state index in [4.69, 9.17) is 4.74 Å². The van der Waals surface area contributed by atoms with Gasteiger partial charge in [-0.05, 0) is 18.2 Å². The second-order valence-electron chi connectivity index (χ2n) is 4.37. The SMILES string of the molecule is COc1ccccc1/C=C1/SC2C=CC=CC2=NC1=O. The van der Waals surface area contributed by atoms with Crippen molar-refractivity contribution < 1.29 is 9.53 Å². The largest absolute Gasteiger partial charge is 0.496 e. The fourth-order valence-electron chi connectivity index (χ4n) is 2.10. The fourth-order valence-corrected chi connectivity index (χ4v) is 3.13. The van der Waals surface area contributed by atoms with E-state index in [2.05, 4.69) is 4.99 Å². The van der Waals surface area contributed by atoms with Crippen LogP contribution in [0.3, 0.4) is 0 Å². The molecule has 0 saturated carbocycles. The normalized spacial score (nSPS) is 22.6. The number of carbonyl (C=O) groups excluding carboxylic acids is 1. The summed E-state index contributed by atoms with van der Waals surface area (Å²) in [4.78, 5) is 16.9. The standard InChI is InChI=1S/C16H13NO2S/c1-19-13-8-4-2-6-11(13)10-15-16(18)17-12-7-3-5-9-14(12)20-15/h2-10,14H,1H3/b15-10+. The molecule has 1 aliphatic carbocycles. The van der Waals surface area contributed by atoms with E-state index in [9.17, 15) is 4.79 Å². The van der Waals surface area contributed by atoms with Crippen LogP contribution in [0.15, 0.2) is 58.5 Å². The molecular weight excluding hydrogens is 270 g/mol. The second-order valence-corrected chi connectivity index (χ2v) is 5.56. The van der Waals surface area contributed by atoms with Gasteiger partial charge in [-0.2, -0.15) is 0 Å². The maximum atomic E-state index is 12.1. The average Bonchev–Trinajstić information content (AvgIpc) is 2.48. The van der Waals surface area contributed by atoms with Crippen LogP contribution in [0, 0.1) is 0 Å². The molecule has 0 bridgehead atoms. The van der Waals surface area contributed by atoms with Gasteiger partial charge < -0.3 is 4.74 Å². The highest BCUT2D eigenvalue weighted by Crippen LogP contribution is 2.34. The Bertz CT molecular complexity index is 671. The Balaban J connectivity index is 1.97. The molecule has 0 radical (unpaired) electrons. The number of methoxy groups -OCH3 is 1. The number of benzene rings is 1. The van der Waals surface area contributed by atoms with E-state index in [-0.39, 0.29) is 11.2 Å². The van der Waals surface area contributed by atoms with Gasteiger partial charge in [0, 0.05) is 5.56 Å². The lowest BCUT2D eigenvalue weighted by molar-refractivity contribution is -0.113. The highest BCUT2D eigenvalue weighted by molar-refractivity contribution is 8.05. The molecule has 0 N–H and O–H groups in total. The quantitative estimate of drug-likeness (QED) is 0.782. The first-order valence-corrected chi connectivity index (χ1v) is 7.15. The van der Waals surface area contributed by atoms with Gasteiger partial charge >= 0.3 is 0 Å². The van der Waals surface area contributed by atoms with Crippen LogP contribution in [0.2, 0.25) is 0 Å². The van der Waals surface area contributed by atoms with Crippen LogP contribution >= 0.6 is 11.8 Å². The number of thioether (sulfide) groups is 1. The number of carbonyl (C=O) groups is 1. The number of allylic oxidation sites excluding steroid dienone is 3. The lowest BCUT2D eigenvalue weighted by atomic mass is 10.1. The van der Waals surface area contributed by atoms with Crippen LogP contribution in [0.5, 0.6) is 5.75 Å². The van der Waals surface area contributed by atoms with E-state index in [1.54, 1.807) is 7.11 Å². The molecule has 0 saturated heterocycles. The smallest absolute Gasteiger partial charge is 0.283 e. The van der Waals surface area contributed by atoms with Crippen molar-refractivity contribution >= 4 is 29.5 Å². The predicted molar refractivity (Wildman–Crippen MR) is 83.1 cm³/mol. The maximum absolute atomic E-state index is 12.1. The Morgan fingerprint density at radius 1 is 1.30 bits per heavy atom. The number of hydrogen-bond acceptors (Lipinski definition) is 3. The van der Waals surface area contributed by atoms with E-state index in [1.165, 1.54) is 11.8 Å². The lowest BCUT2D eigenvalue weighted by Gasteiger charge is -2.20. The first kappa shape index (κ1) is 12.9. The van der Waals surface area contributed by atoms with Crippen molar-refractivity contribution in [2.75, 3.05) is 7.11 Å². The van der Waals surface area contributed by atoms with E-state index >= 15 is 0 Å². The van der Waals surface area contributed by atoms with Crippen molar-refractivity contribution in [3.05, 3.63) is 59.0 Å². The highest BCUT2D eigenvalue weighted by Gasteiger charge is 2.25. The minimum absolute atomic E-state index is 0.124. The van der Waals surface area contributed by atoms with Crippen LogP contribution in [-0.4, -0.2) is 24.0 Å². The molecule has 1 aromatic rings. The third-order valence-corrected chi connectivity index (χ3v) is 4.28. The molecule has 1 aliphatic heterocycles. The fraction of sp³-hybridized carbons (Fsp3) is 0.125. The topological polar surface area (TPSA) is 38.7 Å². The molecule has 1 heterocycles. The van der Waals surface area contributed by atoms with Crippen molar-refractivity contribution in [1.29, 1.82) is 0 Å². The average molecular weight is 283 g/mol. The number of fused-ring (bicyclic) bond motifs is 1. The summed E-state index contributed by atoms with van der Waals surface area (Å²) in [5, 5.41) is 0.124. The van der Waals surface area contributed by atoms with Crippen molar-refractivity contribution in [3.63, 3.8) is 0 Å². The number of nitrogens with zero attached hydrogens (tertiary/aromatic N) is 1. The van der Waals surface area contributed by atoms with Gasteiger partial charge in [0.05, 0.1) is 23.0 Å². The highest BCUT2D eigenvalue weighted by atomic mass is 32.2. The van der Waals surface area contributed by atoms with Crippen LogP contribution in [0.4, 0.5) is 0 Å². The Morgan fingerprint density at radius 3 is 3.00 bits per heavy atom. The molecule has 0 aromatic heterocycles. The summed E-state index contributed by atoms with van der Waals surface area (Å²) >= 11 is 1.52. The van der Waals surface area contributed by atoms with E-state index in [0.29, 0.717) is 4.91 Å². The van der Waals surface area contributed by atoms with Gasteiger partial charge in [-0.25, -0.2) is 4.99 Å². The molecule has 3 nitrogen and oxygen atoms in total. The molecule has 20 heavy (non-hydrogen) atoms. The number of rotatable bonds is 2. The molecule has 0 fully saturated rings. The summed E-state index contributed by atoms with van der Waals surface area (Å²) in [6.45, 7) is 0. The number of hydrogen-bond donors (Lipinski definition) is 0. The summed E-state index contributed by atoms with van der Waals surface area (Å²) < 4.78 is 5.30. The molecule has 0 spiro atoms. The van der Waals surface area contributed by atoms with Crippen molar-refractivity contribution in [3.8, 4) is 5.75 Å². The molecule has 1 atom stereocenters. The Hall–Kier alpha value is -2.07. The van der Waals surface area contributed by atoms with Crippen LogP contribution in [0.1, 0.15) is 5.56 Å². The maximum Gasteiger partial charge on any atom is 0.283 e. The zero-order chi connectivity index (χ0) is 13.9. The summed E-state index contributed by atoms with van der Waals surface area (Å²) in [5.74, 6) is 0.564. The Kier molecular flexibility index (Phi) is 3.56. The first-order valence-electron chi connectivity index (χ1n) is 6.27. The van der Waals surface area contributed by atoms with E-state index in [1.807, 2.05) is 54.6 Å². The molecule has 100 valence electrons. The van der Waals surface area contributed by atoms with E-state index in [0.717, 1.165) is 17.0 Å². The molecular formula is C16H13NO2S. The number of amides is 1. The summed E-state index contributed by atoms with van der Waals surface area (Å²) in [5.41, 5.74) is 1.71. The number of ether oxygens (including phenoxy) is 1. The van der Waals surface area contributed by atoms with Gasteiger partial charge in [0.15, 0.2) is 0 Å². The molecule has 1 aromatic carbocycles.